The van der Waals surface area contributed by atoms with Crippen molar-refractivity contribution >= 4 is 11.9 Å². The summed E-state index contributed by atoms with van der Waals surface area (Å²) < 4.78 is 15.3. The molecule has 1 rings (SSSR count). The molecule has 1 aromatic carbocycles. The van der Waals surface area contributed by atoms with Crippen LogP contribution in [0.2, 0.25) is 0 Å². The molecular weight excluding hydrogens is 260 g/mol. The highest BCUT2D eigenvalue weighted by Crippen LogP contribution is 2.22. The number of hydrogen-bond donors (Lipinski definition) is 0. The van der Waals surface area contributed by atoms with Crippen molar-refractivity contribution in [1.82, 2.24) is 0 Å². The second-order valence-electron chi connectivity index (χ2n) is 4.07. The summed E-state index contributed by atoms with van der Waals surface area (Å²) in [6.45, 7) is 6.06. The first kappa shape index (κ1) is 16.0. The van der Waals surface area contributed by atoms with E-state index in [1.165, 1.54) is 6.92 Å². The summed E-state index contributed by atoms with van der Waals surface area (Å²) in [6, 6.07) is 5.25. The van der Waals surface area contributed by atoms with Crippen molar-refractivity contribution in [3.8, 4) is 5.75 Å². The van der Waals surface area contributed by atoms with Gasteiger partial charge < -0.3 is 14.2 Å². The van der Waals surface area contributed by atoms with Gasteiger partial charge in [-0.15, -0.1) is 0 Å². The Bertz CT molecular complexity index is 467. The van der Waals surface area contributed by atoms with Crippen LogP contribution in [0.4, 0.5) is 0 Å². The third-order valence-electron chi connectivity index (χ3n) is 2.54. The number of ether oxygens (including phenoxy) is 3. The number of hydrogen-bond acceptors (Lipinski definition) is 5. The highest BCUT2D eigenvalue weighted by Gasteiger charge is 2.14. The van der Waals surface area contributed by atoms with Gasteiger partial charge in [0.15, 0.2) is 0 Å². The molecule has 0 aliphatic carbocycles. The zero-order valence-electron chi connectivity index (χ0n) is 12.1. The van der Waals surface area contributed by atoms with E-state index in [4.69, 9.17) is 14.2 Å². The minimum Gasteiger partial charge on any atom is -0.493 e. The van der Waals surface area contributed by atoms with Crippen molar-refractivity contribution < 1.29 is 23.8 Å². The molecule has 0 atom stereocenters. The number of benzene rings is 1. The highest BCUT2D eigenvalue weighted by molar-refractivity contribution is 5.92. The van der Waals surface area contributed by atoms with Gasteiger partial charge in [-0.2, -0.15) is 0 Å². The Morgan fingerprint density at radius 1 is 1.10 bits per heavy atom. The molecule has 0 unspecified atom stereocenters. The first-order valence-corrected chi connectivity index (χ1v) is 6.64. The summed E-state index contributed by atoms with van der Waals surface area (Å²) in [7, 11) is 0. The van der Waals surface area contributed by atoms with E-state index in [1.807, 2.05) is 6.92 Å². The zero-order valence-corrected chi connectivity index (χ0v) is 12.1. The maximum absolute atomic E-state index is 11.8. The summed E-state index contributed by atoms with van der Waals surface area (Å²) in [5, 5.41) is 0. The normalized spacial score (nSPS) is 9.95. The van der Waals surface area contributed by atoms with Crippen LogP contribution in [0.1, 0.15) is 36.7 Å². The average molecular weight is 280 g/mol. The fourth-order valence-corrected chi connectivity index (χ4v) is 1.69. The second kappa shape index (κ2) is 8.19. The van der Waals surface area contributed by atoms with E-state index >= 15 is 0 Å². The van der Waals surface area contributed by atoms with E-state index in [0.717, 1.165) is 5.56 Å². The summed E-state index contributed by atoms with van der Waals surface area (Å²) in [5.41, 5.74) is 1.34. The van der Waals surface area contributed by atoms with Crippen molar-refractivity contribution in [2.75, 3.05) is 19.8 Å². The van der Waals surface area contributed by atoms with Gasteiger partial charge in [0.2, 0.25) is 0 Å². The number of carbonyl (C=O) groups excluding carboxylic acids is 2. The third-order valence-corrected chi connectivity index (χ3v) is 2.54. The first-order valence-electron chi connectivity index (χ1n) is 6.64. The molecule has 0 spiro atoms. The van der Waals surface area contributed by atoms with Crippen LogP contribution < -0.4 is 4.74 Å². The standard InChI is InChI=1S/C15H20O5/c1-4-18-14-10-12(8-9-20-11(3)16)6-7-13(14)15(17)19-5-2/h6-7,10H,4-5,8-9H2,1-3H3. The lowest BCUT2D eigenvalue weighted by Crippen LogP contribution is -2.09. The van der Waals surface area contributed by atoms with Crippen molar-refractivity contribution in [2.24, 2.45) is 0 Å². The lowest BCUT2D eigenvalue weighted by Gasteiger charge is -2.11. The lowest BCUT2D eigenvalue weighted by atomic mass is 10.1. The lowest BCUT2D eigenvalue weighted by molar-refractivity contribution is -0.140. The molecule has 0 fully saturated rings. The largest absolute Gasteiger partial charge is 0.493 e. The first-order chi connectivity index (χ1) is 9.58. The van der Waals surface area contributed by atoms with Crippen molar-refractivity contribution in [3.05, 3.63) is 29.3 Å². The molecule has 0 heterocycles. The molecule has 5 heteroatoms. The molecule has 0 amide bonds. The van der Waals surface area contributed by atoms with Crippen LogP contribution in [0, 0.1) is 0 Å². The number of esters is 2. The predicted molar refractivity (Wildman–Crippen MR) is 73.9 cm³/mol. The Kier molecular flexibility index (Phi) is 6.56. The van der Waals surface area contributed by atoms with E-state index < -0.39 is 5.97 Å². The summed E-state index contributed by atoms with van der Waals surface area (Å²) in [4.78, 5) is 22.5. The van der Waals surface area contributed by atoms with Gasteiger partial charge >= 0.3 is 11.9 Å². The molecule has 0 aliphatic heterocycles. The van der Waals surface area contributed by atoms with E-state index in [1.54, 1.807) is 25.1 Å². The molecule has 0 saturated heterocycles. The van der Waals surface area contributed by atoms with Gasteiger partial charge in [-0.1, -0.05) is 6.07 Å². The van der Waals surface area contributed by atoms with Crippen LogP contribution >= 0.6 is 0 Å². The van der Waals surface area contributed by atoms with Crippen LogP contribution in [0.25, 0.3) is 0 Å². The van der Waals surface area contributed by atoms with E-state index in [-0.39, 0.29) is 5.97 Å². The van der Waals surface area contributed by atoms with Crippen LogP contribution in [0.15, 0.2) is 18.2 Å². The maximum Gasteiger partial charge on any atom is 0.341 e. The topological polar surface area (TPSA) is 61.8 Å². The Hall–Kier alpha value is -2.04. The van der Waals surface area contributed by atoms with Gasteiger partial charge in [-0.3, -0.25) is 4.79 Å². The molecule has 110 valence electrons. The molecule has 0 radical (unpaired) electrons. The van der Waals surface area contributed by atoms with E-state index in [0.29, 0.717) is 37.6 Å². The van der Waals surface area contributed by atoms with Gasteiger partial charge in [0.25, 0.3) is 0 Å². The van der Waals surface area contributed by atoms with Crippen LogP contribution in [0.3, 0.4) is 0 Å². The molecule has 0 aromatic heterocycles. The Morgan fingerprint density at radius 2 is 1.85 bits per heavy atom. The third kappa shape index (κ3) is 4.91. The Labute approximate surface area is 118 Å². The molecule has 5 nitrogen and oxygen atoms in total. The van der Waals surface area contributed by atoms with Crippen LogP contribution in [-0.2, 0) is 20.7 Å². The molecular formula is C15H20O5. The monoisotopic (exact) mass is 280 g/mol. The number of carbonyl (C=O) groups is 2. The van der Waals surface area contributed by atoms with Crippen molar-refractivity contribution in [1.29, 1.82) is 0 Å². The van der Waals surface area contributed by atoms with Crippen LogP contribution in [0.5, 0.6) is 5.75 Å². The summed E-state index contributed by atoms with van der Waals surface area (Å²) in [5.74, 6) is -0.216. The zero-order chi connectivity index (χ0) is 15.0. The average Bonchev–Trinajstić information content (AvgIpc) is 2.39. The van der Waals surface area contributed by atoms with Gasteiger partial charge in [-0.25, -0.2) is 4.79 Å². The maximum atomic E-state index is 11.8. The second-order valence-corrected chi connectivity index (χ2v) is 4.07. The Morgan fingerprint density at radius 3 is 2.45 bits per heavy atom. The predicted octanol–water partition coefficient (Wildman–Crippen LogP) is 2.37. The molecule has 0 aliphatic rings. The number of rotatable bonds is 7. The molecule has 20 heavy (non-hydrogen) atoms. The molecule has 0 bridgehead atoms. The highest BCUT2D eigenvalue weighted by atomic mass is 16.5. The fourth-order valence-electron chi connectivity index (χ4n) is 1.69. The molecule has 0 saturated carbocycles. The SMILES string of the molecule is CCOC(=O)c1ccc(CCOC(C)=O)cc1OCC. The molecule has 1 aromatic rings. The van der Waals surface area contributed by atoms with E-state index in [9.17, 15) is 9.59 Å². The Balaban J connectivity index is 2.83. The summed E-state index contributed by atoms with van der Waals surface area (Å²) >= 11 is 0. The smallest absolute Gasteiger partial charge is 0.341 e. The minimum absolute atomic E-state index is 0.305. The van der Waals surface area contributed by atoms with Gasteiger partial charge in [0.05, 0.1) is 19.8 Å². The fraction of sp³-hybridized carbons (Fsp3) is 0.467. The summed E-state index contributed by atoms with van der Waals surface area (Å²) in [6.07, 6.45) is 0.572. The van der Waals surface area contributed by atoms with E-state index in [2.05, 4.69) is 0 Å². The van der Waals surface area contributed by atoms with Gasteiger partial charge in [0, 0.05) is 13.3 Å². The quantitative estimate of drug-likeness (QED) is 0.717. The van der Waals surface area contributed by atoms with Gasteiger partial charge in [-0.05, 0) is 31.5 Å². The van der Waals surface area contributed by atoms with Crippen molar-refractivity contribution in [2.45, 2.75) is 27.2 Å². The minimum atomic E-state index is -0.400. The molecule has 0 N–H and O–H groups in total. The van der Waals surface area contributed by atoms with Crippen molar-refractivity contribution in [3.63, 3.8) is 0 Å². The van der Waals surface area contributed by atoms with Gasteiger partial charge in [0.1, 0.15) is 11.3 Å². The van der Waals surface area contributed by atoms with Crippen LogP contribution in [-0.4, -0.2) is 31.8 Å².